The molecule has 1 aliphatic rings. The minimum atomic E-state index is -0.671. The first kappa shape index (κ1) is 16.0. The molecule has 1 aromatic carbocycles. The molecule has 0 saturated carbocycles. The van der Waals surface area contributed by atoms with Crippen molar-refractivity contribution in [2.24, 2.45) is 0 Å². The van der Waals surface area contributed by atoms with E-state index >= 15 is 0 Å². The number of carbonyl (C=O) groups is 1. The molecule has 0 atom stereocenters. The van der Waals surface area contributed by atoms with Gasteiger partial charge in [0.2, 0.25) is 0 Å². The third-order valence-corrected chi connectivity index (χ3v) is 4.11. The maximum atomic E-state index is 11.9. The lowest BCUT2D eigenvalue weighted by Crippen LogP contribution is -2.29. The molecule has 1 aromatic heterocycles. The molecule has 1 saturated heterocycles. The van der Waals surface area contributed by atoms with Crippen LogP contribution in [0, 0.1) is 10.1 Å². The lowest BCUT2D eigenvalue weighted by atomic mass is 10.1. The molecule has 1 amide bonds. The van der Waals surface area contributed by atoms with E-state index in [1.807, 2.05) is 12.1 Å². The van der Waals surface area contributed by atoms with Crippen LogP contribution in [0.5, 0.6) is 0 Å². The molecule has 3 rings (SSSR count). The summed E-state index contributed by atoms with van der Waals surface area (Å²) in [7, 11) is 0. The average Bonchev–Trinajstić information content (AvgIpc) is 3.11. The van der Waals surface area contributed by atoms with Gasteiger partial charge < -0.3 is 14.6 Å². The van der Waals surface area contributed by atoms with Crippen LogP contribution in [-0.2, 0) is 6.54 Å². The third kappa shape index (κ3) is 3.73. The van der Waals surface area contributed by atoms with Crippen LogP contribution in [0.2, 0.25) is 0 Å². The smallest absolute Gasteiger partial charge is 0.395 e. The van der Waals surface area contributed by atoms with E-state index in [0.29, 0.717) is 6.54 Å². The molecular weight excluding hydrogens is 310 g/mol. The number of furan rings is 1. The second-order valence-corrected chi connectivity index (χ2v) is 5.79. The minimum absolute atomic E-state index is 0.0633. The number of carbonyl (C=O) groups excluding carboxylic acids is 1. The molecule has 24 heavy (non-hydrogen) atoms. The van der Waals surface area contributed by atoms with Gasteiger partial charge in [-0.05, 0) is 43.0 Å². The Morgan fingerprint density at radius 3 is 2.46 bits per heavy atom. The van der Waals surface area contributed by atoms with E-state index in [4.69, 9.17) is 4.42 Å². The first-order chi connectivity index (χ1) is 11.6. The van der Waals surface area contributed by atoms with E-state index < -0.39 is 16.7 Å². The lowest BCUT2D eigenvalue weighted by Gasteiger charge is -2.28. The highest BCUT2D eigenvalue weighted by molar-refractivity contribution is 5.91. The summed E-state index contributed by atoms with van der Waals surface area (Å²) >= 11 is 0. The Morgan fingerprint density at radius 1 is 1.12 bits per heavy atom. The summed E-state index contributed by atoms with van der Waals surface area (Å²) < 4.78 is 4.88. The molecule has 126 valence electrons. The molecule has 0 aliphatic carbocycles. The van der Waals surface area contributed by atoms with Crippen molar-refractivity contribution < 1.29 is 14.1 Å². The van der Waals surface area contributed by atoms with Gasteiger partial charge >= 0.3 is 5.88 Å². The number of hydrogen-bond donors (Lipinski definition) is 1. The molecule has 0 unspecified atom stereocenters. The highest BCUT2D eigenvalue weighted by Crippen LogP contribution is 2.20. The SMILES string of the molecule is O=C(NCc1ccc(N2CCCCC2)cc1)c1ccc([N+](=O)[O-])o1. The van der Waals surface area contributed by atoms with Crippen molar-refractivity contribution >= 4 is 17.5 Å². The van der Waals surface area contributed by atoms with Gasteiger partial charge in [-0.1, -0.05) is 12.1 Å². The molecule has 1 aliphatic heterocycles. The fraction of sp³-hybridized carbons (Fsp3) is 0.353. The van der Waals surface area contributed by atoms with Crippen LogP contribution in [0.15, 0.2) is 40.8 Å². The van der Waals surface area contributed by atoms with Crippen LogP contribution in [0.1, 0.15) is 35.4 Å². The van der Waals surface area contributed by atoms with Crippen LogP contribution in [0.25, 0.3) is 0 Å². The number of piperidine rings is 1. The van der Waals surface area contributed by atoms with Crippen LogP contribution in [0.4, 0.5) is 11.6 Å². The monoisotopic (exact) mass is 329 g/mol. The lowest BCUT2D eigenvalue weighted by molar-refractivity contribution is -0.402. The maximum Gasteiger partial charge on any atom is 0.433 e. The summed E-state index contributed by atoms with van der Waals surface area (Å²) in [5, 5.41) is 13.3. The normalized spacial score (nSPS) is 14.4. The Morgan fingerprint density at radius 2 is 1.83 bits per heavy atom. The van der Waals surface area contributed by atoms with Gasteiger partial charge in [0.1, 0.15) is 4.92 Å². The molecular formula is C17H19N3O4. The summed E-state index contributed by atoms with van der Waals surface area (Å²) in [6.45, 7) is 2.52. The summed E-state index contributed by atoms with van der Waals surface area (Å²) in [5.74, 6) is -0.971. The van der Waals surface area contributed by atoms with Crippen molar-refractivity contribution in [2.45, 2.75) is 25.8 Å². The standard InChI is InChI=1S/C17H19N3O4/c21-17(15-8-9-16(24-15)20(22)23)18-12-13-4-6-14(7-5-13)19-10-2-1-3-11-19/h4-9H,1-3,10-12H2,(H,18,21). The van der Waals surface area contributed by atoms with Crippen molar-refractivity contribution in [1.82, 2.24) is 5.32 Å². The summed E-state index contributed by atoms with van der Waals surface area (Å²) in [6.07, 6.45) is 3.76. The average molecular weight is 329 g/mol. The Hall–Kier alpha value is -2.83. The third-order valence-electron chi connectivity index (χ3n) is 4.11. The Labute approximate surface area is 139 Å². The van der Waals surface area contributed by atoms with Crippen molar-refractivity contribution in [3.63, 3.8) is 0 Å². The van der Waals surface area contributed by atoms with Gasteiger partial charge in [-0.2, -0.15) is 0 Å². The molecule has 1 fully saturated rings. The second-order valence-electron chi connectivity index (χ2n) is 5.79. The molecule has 2 aromatic rings. The number of nitrogens with zero attached hydrogens (tertiary/aromatic N) is 2. The van der Waals surface area contributed by atoms with Crippen LogP contribution in [0.3, 0.4) is 0 Å². The fourth-order valence-electron chi connectivity index (χ4n) is 2.79. The first-order valence-electron chi connectivity index (χ1n) is 8.00. The fourth-order valence-corrected chi connectivity index (χ4v) is 2.79. The first-order valence-corrected chi connectivity index (χ1v) is 8.00. The summed E-state index contributed by atoms with van der Waals surface area (Å²) in [5.41, 5.74) is 2.16. The molecule has 7 heteroatoms. The van der Waals surface area contributed by atoms with Gasteiger partial charge in [0.15, 0.2) is 5.76 Å². The molecule has 1 N–H and O–H groups in total. The number of rotatable bonds is 5. The zero-order valence-electron chi connectivity index (χ0n) is 13.2. The number of nitrogens with one attached hydrogen (secondary N) is 1. The largest absolute Gasteiger partial charge is 0.433 e. The van der Waals surface area contributed by atoms with E-state index in [0.717, 1.165) is 18.7 Å². The molecule has 0 bridgehead atoms. The predicted molar refractivity (Wildman–Crippen MR) is 89.0 cm³/mol. The van der Waals surface area contributed by atoms with Gasteiger partial charge in [0.25, 0.3) is 5.91 Å². The van der Waals surface area contributed by atoms with Crippen molar-refractivity contribution in [2.75, 3.05) is 18.0 Å². The van der Waals surface area contributed by atoms with Crippen molar-refractivity contribution in [3.8, 4) is 0 Å². The Balaban J connectivity index is 1.55. The van der Waals surface area contributed by atoms with Crippen LogP contribution >= 0.6 is 0 Å². The van der Waals surface area contributed by atoms with Gasteiger partial charge in [0, 0.05) is 25.3 Å². The predicted octanol–water partition coefficient (Wildman–Crippen LogP) is 3.11. The summed E-state index contributed by atoms with van der Waals surface area (Å²) in [4.78, 5) is 24.2. The van der Waals surface area contributed by atoms with E-state index in [1.54, 1.807) is 0 Å². The number of anilines is 1. The van der Waals surface area contributed by atoms with Crippen LogP contribution < -0.4 is 10.2 Å². The van der Waals surface area contributed by atoms with Crippen LogP contribution in [-0.4, -0.2) is 23.9 Å². The zero-order chi connectivity index (χ0) is 16.9. The van der Waals surface area contributed by atoms with Crippen molar-refractivity contribution in [3.05, 3.63) is 57.8 Å². The van der Waals surface area contributed by atoms with Gasteiger partial charge in [-0.3, -0.25) is 14.9 Å². The highest BCUT2D eigenvalue weighted by Gasteiger charge is 2.17. The Kier molecular flexibility index (Phi) is 4.79. The quantitative estimate of drug-likeness (QED) is 0.672. The summed E-state index contributed by atoms with van der Waals surface area (Å²) in [6, 6.07) is 10.5. The number of nitro groups is 1. The second kappa shape index (κ2) is 7.16. The topological polar surface area (TPSA) is 88.6 Å². The number of hydrogen-bond acceptors (Lipinski definition) is 5. The maximum absolute atomic E-state index is 11.9. The van der Waals surface area contributed by atoms with Gasteiger partial charge in [0.05, 0.1) is 6.07 Å². The highest BCUT2D eigenvalue weighted by atomic mass is 16.6. The minimum Gasteiger partial charge on any atom is -0.395 e. The van der Waals surface area contributed by atoms with E-state index in [-0.39, 0.29) is 5.76 Å². The van der Waals surface area contributed by atoms with Gasteiger partial charge in [-0.15, -0.1) is 0 Å². The van der Waals surface area contributed by atoms with Crippen molar-refractivity contribution in [1.29, 1.82) is 0 Å². The number of amides is 1. The Bertz CT molecular complexity index is 718. The van der Waals surface area contributed by atoms with E-state index in [2.05, 4.69) is 22.3 Å². The number of benzene rings is 1. The molecule has 7 nitrogen and oxygen atoms in total. The van der Waals surface area contributed by atoms with Gasteiger partial charge in [-0.25, -0.2) is 0 Å². The molecule has 0 radical (unpaired) electrons. The zero-order valence-corrected chi connectivity index (χ0v) is 13.2. The molecule has 2 heterocycles. The molecule has 0 spiro atoms. The van der Waals surface area contributed by atoms with E-state index in [1.165, 1.54) is 37.1 Å². The van der Waals surface area contributed by atoms with E-state index in [9.17, 15) is 14.9 Å².